The molecule has 0 nitrogen and oxygen atoms in total. The summed E-state index contributed by atoms with van der Waals surface area (Å²) in [5, 5.41) is 2.66. The topological polar surface area (TPSA) is 0 Å². The van der Waals surface area contributed by atoms with E-state index in [1.54, 1.807) is 0 Å². The van der Waals surface area contributed by atoms with Gasteiger partial charge in [-0.2, -0.15) is 91.4 Å². The maximum atomic E-state index is 3.72. The van der Waals surface area contributed by atoms with Crippen molar-refractivity contribution < 1.29 is 26.2 Å². The van der Waals surface area contributed by atoms with Gasteiger partial charge < -0.3 is 0 Å². The third kappa shape index (κ3) is 11.7. The summed E-state index contributed by atoms with van der Waals surface area (Å²) in [6.07, 6.45) is 0. The van der Waals surface area contributed by atoms with Crippen molar-refractivity contribution in [2.75, 3.05) is 0 Å². The summed E-state index contributed by atoms with van der Waals surface area (Å²) in [5.41, 5.74) is 3.22. The van der Waals surface area contributed by atoms with Crippen LogP contribution in [-0.2, 0) is 26.2 Å². The zero-order chi connectivity index (χ0) is 21.4. The van der Waals surface area contributed by atoms with Crippen molar-refractivity contribution in [2.45, 2.75) is 0 Å². The molecule has 0 saturated heterocycles. The van der Waals surface area contributed by atoms with E-state index < -0.39 is 0 Å². The van der Waals surface area contributed by atoms with Crippen LogP contribution in [0.15, 0.2) is 133 Å². The molecule has 0 heterocycles. The van der Waals surface area contributed by atoms with Gasteiger partial charge >= 0.3 is 26.2 Å². The van der Waals surface area contributed by atoms with E-state index in [0.29, 0.717) is 0 Å². The summed E-state index contributed by atoms with van der Waals surface area (Å²) in [6, 6.07) is 44.3. The van der Waals surface area contributed by atoms with Crippen molar-refractivity contribution in [3.63, 3.8) is 0 Å². The van der Waals surface area contributed by atoms with Crippen LogP contribution < -0.4 is 0 Å². The van der Waals surface area contributed by atoms with Crippen LogP contribution in [0.5, 0.6) is 0 Å². The van der Waals surface area contributed by atoms with Crippen molar-refractivity contribution >= 4 is 10.8 Å². The van der Waals surface area contributed by atoms with Gasteiger partial charge in [0.2, 0.25) is 0 Å². The standard InChI is InChI=1S/C9H7.3C7H7.Zr/c1-2-5-9-7-3-6-8(9)4-1;3*1-7-5-3-2-4-6-7;/h1-7H;3*2-6H,1H2;/q4*-1;+4. The van der Waals surface area contributed by atoms with E-state index in [1.807, 2.05) is 91.0 Å². The second-order valence-corrected chi connectivity index (χ2v) is 6.61. The summed E-state index contributed by atoms with van der Waals surface area (Å²) < 4.78 is 0. The molecule has 0 fully saturated rings. The first-order chi connectivity index (χ1) is 14.6. The molecule has 0 aliphatic rings. The molecule has 1 heteroatoms. The first kappa shape index (κ1) is 26.0. The van der Waals surface area contributed by atoms with Gasteiger partial charge in [0.15, 0.2) is 0 Å². The number of benzene rings is 4. The predicted molar refractivity (Wildman–Crippen MR) is 132 cm³/mol. The van der Waals surface area contributed by atoms with E-state index in [4.69, 9.17) is 0 Å². The monoisotopic (exact) mass is 478 g/mol. The molecular formula is C30H28Zr. The number of hydrogen-bond acceptors (Lipinski definition) is 0. The van der Waals surface area contributed by atoms with E-state index >= 15 is 0 Å². The molecule has 0 spiro atoms. The zero-order valence-corrected chi connectivity index (χ0v) is 20.3. The van der Waals surface area contributed by atoms with Crippen LogP contribution in [0.2, 0.25) is 0 Å². The van der Waals surface area contributed by atoms with Crippen molar-refractivity contribution in [2.24, 2.45) is 0 Å². The molecule has 152 valence electrons. The molecule has 5 rings (SSSR count). The van der Waals surface area contributed by atoms with Gasteiger partial charge in [0.1, 0.15) is 0 Å². The van der Waals surface area contributed by atoms with E-state index in [0.717, 1.165) is 16.7 Å². The molecule has 31 heavy (non-hydrogen) atoms. The molecule has 0 aliphatic carbocycles. The first-order valence-corrected chi connectivity index (χ1v) is 9.86. The Bertz CT molecular complexity index is 929. The number of fused-ring (bicyclic) bond motifs is 1. The van der Waals surface area contributed by atoms with Gasteiger partial charge in [0.25, 0.3) is 0 Å². The van der Waals surface area contributed by atoms with Crippen LogP contribution in [0.3, 0.4) is 0 Å². The Morgan fingerprint density at radius 1 is 0.419 bits per heavy atom. The molecule has 0 N–H and O–H groups in total. The molecule has 5 aromatic carbocycles. The second-order valence-electron chi connectivity index (χ2n) is 6.61. The Labute approximate surface area is 207 Å². The second kappa shape index (κ2) is 15.8. The van der Waals surface area contributed by atoms with Crippen LogP contribution in [0, 0.1) is 20.8 Å². The summed E-state index contributed by atoms with van der Waals surface area (Å²) in [6.45, 7) is 11.2. The van der Waals surface area contributed by atoms with E-state index in [2.05, 4.69) is 63.2 Å². The van der Waals surface area contributed by atoms with Gasteiger partial charge in [-0.25, -0.2) is 0 Å². The average molecular weight is 480 g/mol. The van der Waals surface area contributed by atoms with Crippen LogP contribution >= 0.6 is 0 Å². The maximum Gasteiger partial charge on any atom is 4.00 e. The molecule has 0 saturated carbocycles. The normalized spacial score (nSPS) is 8.77. The Morgan fingerprint density at radius 3 is 1.10 bits per heavy atom. The molecule has 5 aromatic rings. The van der Waals surface area contributed by atoms with E-state index in [-0.39, 0.29) is 26.2 Å². The van der Waals surface area contributed by atoms with Gasteiger partial charge in [0, 0.05) is 0 Å². The smallest absolute Gasteiger partial charge is 0.199 e. The Balaban J connectivity index is 0.000000206. The molecule has 0 aromatic heterocycles. The Hall–Kier alpha value is -3.02. The number of hydrogen-bond donors (Lipinski definition) is 0. The fourth-order valence-electron chi connectivity index (χ4n) is 2.50. The quantitative estimate of drug-likeness (QED) is 0.197. The van der Waals surface area contributed by atoms with E-state index in [1.165, 1.54) is 10.8 Å². The Morgan fingerprint density at radius 2 is 0.774 bits per heavy atom. The summed E-state index contributed by atoms with van der Waals surface area (Å²) in [4.78, 5) is 0. The third-order valence-corrected chi connectivity index (χ3v) is 4.08. The first-order valence-electron chi connectivity index (χ1n) is 9.86. The van der Waals surface area contributed by atoms with E-state index in [9.17, 15) is 0 Å². The summed E-state index contributed by atoms with van der Waals surface area (Å²) >= 11 is 0. The van der Waals surface area contributed by atoms with Crippen LogP contribution in [0.25, 0.3) is 10.8 Å². The van der Waals surface area contributed by atoms with Gasteiger partial charge in [-0.1, -0.05) is 24.3 Å². The van der Waals surface area contributed by atoms with Gasteiger partial charge in [-0.3, -0.25) is 0 Å². The minimum absolute atomic E-state index is 0. The fraction of sp³-hybridized carbons (Fsp3) is 0. The average Bonchev–Trinajstić information content (AvgIpc) is 3.26. The summed E-state index contributed by atoms with van der Waals surface area (Å²) in [5.74, 6) is 0. The maximum absolute atomic E-state index is 3.72. The van der Waals surface area contributed by atoms with Gasteiger partial charge in [0.05, 0.1) is 0 Å². The molecule has 0 atom stereocenters. The van der Waals surface area contributed by atoms with Crippen molar-refractivity contribution in [1.82, 2.24) is 0 Å². The largest absolute Gasteiger partial charge is 4.00 e. The van der Waals surface area contributed by atoms with Crippen LogP contribution in [0.1, 0.15) is 16.7 Å². The molecule has 0 bridgehead atoms. The molecular weight excluding hydrogens is 452 g/mol. The summed E-state index contributed by atoms with van der Waals surface area (Å²) in [7, 11) is 0. The van der Waals surface area contributed by atoms with Crippen molar-refractivity contribution in [3.8, 4) is 0 Å². The Kier molecular flexibility index (Phi) is 13.2. The van der Waals surface area contributed by atoms with Crippen molar-refractivity contribution in [3.05, 3.63) is 171 Å². The minimum atomic E-state index is 0. The molecule has 0 aliphatic heterocycles. The van der Waals surface area contributed by atoms with Gasteiger partial charge in [-0.15, -0.1) is 66.0 Å². The SMILES string of the molecule is [CH2-]c1ccccc1.[CH2-]c1ccccc1.[CH2-]c1ccccc1.[Zr+4].c1ccc2[cH-]ccc2c1. The number of rotatable bonds is 0. The van der Waals surface area contributed by atoms with Gasteiger partial charge in [-0.05, 0) is 0 Å². The van der Waals surface area contributed by atoms with Crippen LogP contribution in [-0.4, -0.2) is 0 Å². The molecule has 0 unspecified atom stereocenters. The predicted octanol–water partition coefficient (Wildman–Crippen LogP) is 8.16. The van der Waals surface area contributed by atoms with Crippen LogP contribution in [0.4, 0.5) is 0 Å². The minimum Gasteiger partial charge on any atom is -0.199 e. The van der Waals surface area contributed by atoms with Crippen molar-refractivity contribution in [1.29, 1.82) is 0 Å². The fourth-order valence-corrected chi connectivity index (χ4v) is 2.50. The third-order valence-electron chi connectivity index (χ3n) is 4.08. The molecule has 0 amide bonds. The zero-order valence-electron chi connectivity index (χ0n) is 17.8. The molecule has 0 radical (unpaired) electrons.